The molecular formula is C20H20FN5O. The van der Waals surface area contributed by atoms with E-state index in [4.69, 9.17) is 0 Å². The Morgan fingerprint density at radius 3 is 2.63 bits per heavy atom. The summed E-state index contributed by atoms with van der Waals surface area (Å²) in [5.41, 5.74) is 2.41. The van der Waals surface area contributed by atoms with Gasteiger partial charge in [0.05, 0.1) is 5.69 Å². The average molecular weight is 365 g/mol. The smallest absolute Gasteiger partial charge is 0.272 e. The number of aromatic nitrogens is 3. The minimum absolute atomic E-state index is 0.0757. The average Bonchev–Trinajstić information content (AvgIpc) is 3.20. The number of anilines is 1. The van der Waals surface area contributed by atoms with E-state index in [-0.39, 0.29) is 11.7 Å². The number of hydrogen-bond acceptors (Lipinski definition) is 4. The molecule has 0 spiro atoms. The van der Waals surface area contributed by atoms with Crippen LogP contribution in [-0.4, -0.2) is 52.2 Å². The fourth-order valence-corrected chi connectivity index (χ4v) is 3.23. The van der Waals surface area contributed by atoms with Crippen molar-refractivity contribution in [2.24, 2.45) is 0 Å². The molecule has 4 rings (SSSR count). The molecule has 0 bridgehead atoms. The number of piperazine rings is 1. The van der Waals surface area contributed by atoms with E-state index in [1.54, 1.807) is 31.3 Å². The number of nitrogens with zero attached hydrogens (tertiary/aromatic N) is 4. The third-order valence-corrected chi connectivity index (χ3v) is 4.80. The number of hydrogen-bond donors (Lipinski definition) is 1. The highest BCUT2D eigenvalue weighted by molar-refractivity contribution is 5.93. The highest BCUT2D eigenvalue weighted by Crippen LogP contribution is 2.21. The number of carbonyl (C=O) groups excluding carboxylic acids is 1. The normalized spacial score (nSPS) is 14.4. The quantitative estimate of drug-likeness (QED) is 0.775. The lowest BCUT2D eigenvalue weighted by Crippen LogP contribution is -2.49. The molecule has 7 heteroatoms. The van der Waals surface area contributed by atoms with E-state index in [1.165, 1.54) is 6.07 Å². The molecule has 138 valence electrons. The van der Waals surface area contributed by atoms with Crippen molar-refractivity contribution in [2.75, 3.05) is 31.1 Å². The van der Waals surface area contributed by atoms with Gasteiger partial charge in [-0.15, -0.1) is 0 Å². The van der Waals surface area contributed by atoms with Crippen molar-refractivity contribution in [3.8, 4) is 11.3 Å². The molecule has 6 nitrogen and oxygen atoms in total. The second-order valence-electron chi connectivity index (χ2n) is 6.60. The maximum Gasteiger partial charge on any atom is 0.272 e. The van der Waals surface area contributed by atoms with Gasteiger partial charge in [-0.2, -0.15) is 5.10 Å². The number of halogens is 1. The minimum atomic E-state index is -0.253. The van der Waals surface area contributed by atoms with Gasteiger partial charge >= 0.3 is 0 Å². The van der Waals surface area contributed by atoms with E-state index < -0.39 is 0 Å². The van der Waals surface area contributed by atoms with Crippen molar-refractivity contribution in [2.45, 2.75) is 6.92 Å². The Balaban J connectivity index is 1.43. The fourth-order valence-electron chi connectivity index (χ4n) is 3.23. The van der Waals surface area contributed by atoms with Gasteiger partial charge in [0.25, 0.3) is 5.91 Å². The predicted octanol–water partition coefficient (Wildman–Crippen LogP) is 2.88. The Hall–Kier alpha value is -3.22. The first kappa shape index (κ1) is 17.2. The molecule has 1 aromatic carbocycles. The summed E-state index contributed by atoms with van der Waals surface area (Å²) in [7, 11) is 0. The monoisotopic (exact) mass is 365 g/mol. The molecule has 0 unspecified atom stereocenters. The van der Waals surface area contributed by atoms with Gasteiger partial charge in [-0.05, 0) is 48.9 Å². The SMILES string of the molecule is Cc1cc(-c2cc(C(=O)N3CCN(c4ccccn4)CC3)[nH]n2)ccc1F. The van der Waals surface area contributed by atoms with Crippen LogP contribution in [0.1, 0.15) is 16.1 Å². The van der Waals surface area contributed by atoms with Crippen LogP contribution in [0.15, 0.2) is 48.7 Å². The molecule has 2 aromatic heterocycles. The van der Waals surface area contributed by atoms with Crippen LogP contribution in [0, 0.1) is 12.7 Å². The van der Waals surface area contributed by atoms with Crippen LogP contribution in [0.3, 0.4) is 0 Å². The standard InChI is InChI=1S/C20H20FN5O/c1-14-12-15(5-6-16(14)21)17-13-18(24-23-17)20(27)26-10-8-25(9-11-26)19-4-2-3-7-22-19/h2-7,12-13H,8-11H2,1H3,(H,23,24). The highest BCUT2D eigenvalue weighted by Gasteiger charge is 2.24. The second kappa shape index (κ2) is 7.19. The molecule has 1 aliphatic rings. The number of aryl methyl sites for hydroxylation is 1. The molecule has 0 atom stereocenters. The molecule has 1 aliphatic heterocycles. The highest BCUT2D eigenvalue weighted by atomic mass is 19.1. The predicted molar refractivity (Wildman–Crippen MR) is 101 cm³/mol. The van der Waals surface area contributed by atoms with E-state index in [0.29, 0.717) is 30.0 Å². The first-order valence-corrected chi connectivity index (χ1v) is 8.89. The first-order valence-electron chi connectivity index (χ1n) is 8.89. The van der Waals surface area contributed by atoms with Crippen LogP contribution in [0.2, 0.25) is 0 Å². The van der Waals surface area contributed by atoms with Crippen LogP contribution < -0.4 is 4.90 Å². The zero-order valence-electron chi connectivity index (χ0n) is 15.0. The summed E-state index contributed by atoms with van der Waals surface area (Å²) in [5.74, 6) is 0.602. The van der Waals surface area contributed by atoms with E-state index in [2.05, 4.69) is 20.1 Å². The summed E-state index contributed by atoms with van der Waals surface area (Å²) in [6.45, 7) is 4.43. The first-order chi connectivity index (χ1) is 13.1. The van der Waals surface area contributed by atoms with Crippen molar-refractivity contribution < 1.29 is 9.18 Å². The number of aromatic amines is 1. The Kier molecular flexibility index (Phi) is 4.58. The number of H-pyrrole nitrogens is 1. The topological polar surface area (TPSA) is 65.1 Å². The molecule has 27 heavy (non-hydrogen) atoms. The molecule has 3 heterocycles. The Bertz CT molecular complexity index is 948. The Morgan fingerprint density at radius 2 is 1.93 bits per heavy atom. The van der Waals surface area contributed by atoms with Crippen LogP contribution in [-0.2, 0) is 0 Å². The number of nitrogens with one attached hydrogen (secondary N) is 1. The lowest BCUT2D eigenvalue weighted by atomic mass is 10.1. The molecule has 0 saturated carbocycles. The van der Waals surface area contributed by atoms with Gasteiger partial charge in [-0.1, -0.05) is 6.07 Å². The largest absolute Gasteiger partial charge is 0.353 e. The van der Waals surface area contributed by atoms with E-state index in [9.17, 15) is 9.18 Å². The lowest BCUT2D eigenvalue weighted by Gasteiger charge is -2.35. The van der Waals surface area contributed by atoms with Crippen LogP contribution >= 0.6 is 0 Å². The molecule has 1 saturated heterocycles. The second-order valence-corrected chi connectivity index (χ2v) is 6.60. The van der Waals surface area contributed by atoms with E-state index in [0.717, 1.165) is 24.5 Å². The lowest BCUT2D eigenvalue weighted by molar-refractivity contribution is 0.0740. The molecule has 1 amide bonds. The molecule has 3 aromatic rings. The molecular weight excluding hydrogens is 345 g/mol. The number of pyridine rings is 1. The summed E-state index contributed by atoms with van der Waals surface area (Å²) in [6, 6.07) is 12.4. The van der Waals surface area contributed by atoms with E-state index >= 15 is 0 Å². The van der Waals surface area contributed by atoms with Crippen molar-refractivity contribution in [3.63, 3.8) is 0 Å². The number of rotatable bonds is 3. The number of carbonyl (C=O) groups is 1. The maximum absolute atomic E-state index is 13.4. The summed E-state index contributed by atoms with van der Waals surface area (Å²) in [6.07, 6.45) is 1.77. The maximum atomic E-state index is 13.4. The van der Waals surface area contributed by atoms with Crippen molar-refractivity contribution in [3.05, 3.63) is 65.7 Å². The van der Waals surface area contributed by atoms with Crippen molar-refractivity contribution in [1.82, 2.24) is 20.1 Å². The molecule has 0 radical (unpaired) electrons. The third-order valence-electron chi connectivity index (χ3n) is 4.80. The van der Waals surface area contributed by atoms with Crippen LogP contribution in [0.5, 0.6) is 0 Å². The summed E-state index contributed by atoms with van der Waals surface area (Å²) >= 11 is 0. The van der Waals surface area contributed by atoms with Gasteiger partial charge in [0.2, 0.25) is 0 Å². The van der Waals surface area contributed by atoms with Gasteiger partial charge in [0.1, 0.15) is 17.3 Å². The Morgan fingerprint density at radius 1 is 1.11 bits per heavy atom. The molecule has 1 N–H and O–H groups in total. The zero-order valence-corrected chi connectivity index (χ0v) is 15.0. The van der Waals surface area contributed by atoms with Crippen LogP contribution in [0.25, 0.3) is 11.3 Å². The minimum Gasteiger partial charge on any atom is -0.353 e. The number of amides is 1. The van der Waals surface area contributed by atoms with Gasteiger partial charge in [0, 0.05) is 37.9 Å². The molecule has 1 fully saturated rings. The Labute approximate surface area is 156 Å². The summed E-state index contributed by atoms with van der Waals surface area (Å²) in [5, 5.41) is 7.04. The van der Waals surface area contributed by atoms with Gasteiger partial charge < -0.3 is 9.80 Å². The summed E-state index contributed by atoms with van der Waals surface area (Å²) in [4.78, 5) is 21.1. The summed E-state index contributed by atoms with van der Waals surface area (Å²) < 4.78 is 13.4. The van der Waals surface area contributed by atoms with Crippen LogP contribution in [0.4, 0.5) is 10.2 Å². The van der Waals surface area contributed by atoms with Crippen molar-refractivity contribution in [1.29, 1.82) is 0 Å². The third kappa shape index (κ3) is 3.53. The van der Waals surface area contributed by atoms with Crippen molar-refractivity contribution >= 4 is 11.7 Å². The van der Waals surface area contributed by atoms with E-state index in [1.807, 2.05) is 23.1 Å². The zero-order chi connectivity index (χ0) is 18.8. The fraction of sp³-hybridized carbons (Fsp3) is 0.250. The van der Waals surface area contributed by atoms with Gasteiger partial charge in [-0.3, -0.25) is 9.89 Å². The van der Waals surface area contributed by atoms with Gasteiger partial charge in [-0.25, -0.2) is 9.37 Å². The number of benzene rings is 1. The van der Waals surface area contributed by atoms with Gasteiger partial charge in [0.15, 0.2) is 0 Å². The molecule has 0 aliphatic carbocycles.